The number of carbonyl (C=O) groups is 2. The van der Waals surface area contributed by atoms with Crippen LogP contribution in [-0.2, 0) is 14.8 Å². The van der Waals surface area contributed by atoms with Gasteiger partial charge in [-0.1, -0.05) is 25.4 Å². The fourth-order valence-corrected chi connectivity index (χ4v) is 3.60. The lowest BCUT2D eigenvalue weighted by Gasteiger charge is -2.20. The molecule has 10 heteroatoms. The quantitative estimate of drug-likeness (QED) is 0.566. The summed E-state index contributed by atoms with van der Waals surface area (Å²) in [4.78, 5) is 25.1. The lowest BCUT2D eigenvalue weighted by atomic mass is 10.0. The molecule has 1 atom stereocenters. The molecule has 0 saturated heterocycles. The Balaban J connectivity index is 2.23. The predicted molar refractivity (Wildman–Crippen MR) is 115 cm³/mol. The van der Waals surface area contributed by atoms with Crippen molar-refractivity contribution in [3.8, 4) is 5.75 Å². The number of sulfonamides is 1. The Morgan fingerprint density at radius 3 is 2.30 bits per heavy atom. The van der Waals surface area contributed by atoms with Crippen LogP contribution < -0.4 is 20.5 Å². The highest BCUT2D eigenvalue weighted by molar-refractivity contribution is 7.89. The molecule has 30 heavy (non-hydrogen) atoms. The van der Waals surface area contributed by atoms with Gasteiger partial charge < -0.3 is 15.4 Å². The molecular formula is C20H24ClN3O5S. The number of primary sulfonamides is 1. The molecule has 0 saturated carbocycles. The van der Waals surface area contributed by atoms with E-state index in [1.165, 1.54) is 25.3 Å². The van der Waals surface area contributed by atoms with E-state index in [0.29, 0.717) is 17.0 Å². The SMILES string of the molecule is COc1ccc(NC(=O)C(CC(C)C)NC(=O)c2ccc(Cl)cc2)cc1S(N)(=O)=O. The first kappa shape index (κ1) is 23.7. The van der Waals surface area contributed by atoms with Crippen molar-refractivity contribution in [3.63, 3.8) is 0 Å². The third-order valence-electron chi connectivity index (χ3n) is 4.17. The average molecular weight is 454 g/mol. The van der Waals surface area contributed by atoms with Crippen LogP contribution in [0.3, 0.4) is 0 Å². The molecule has 0 heterocycles. The van der Waals surface area contributed by atoms with Gasteiger partial charge in [0.25, 0.3) is 5.91 Å². The van der Waals surface area contributed by atoms with Crippen LogP contribution in [0, 0.1) is 5.92 Å². The summed E-state index contributed by atoms with van der Waals surface area (Å²) in [7, 11) is -2.75. The first-order valence-electron chi connectivity index (χ1n) is 9.09. The van der Waals surface area contributed by atoms with E-state index < -0.39 is 27.9 Å². The summed E-state index contributed by atoms with van der Waals surface area (Å²) in [6.07, 6.45) is 0.378. The van der Waals surface area contributed by atoms with Crippen LogP contribution in [0.4, 0.5) is 5.69 Å². The Labute approximate surface area is 180 Å². The number of halogens is 1. The Morgan fingerprint density at radius 2 is 1.77 bits per heavy atom. The van der Waals surface area contributed by atoms with E-state index in [-0.39, 0.29) is 22.3 Å². The minimum Gasteiger partial charge on any atom is -0.495 e. The van der Waals surface area contributed by atoms with Gasteiger partial charge in [-0.2, -0.15) is 0 Å². The summed E-state index contributed by atoms with van der Waals surface area (Å²) in [6.45, 7) is 3.84. The maximum absolute atomic E-state index is 12.8. The van der Waals surface area contributed by atoms with Gasteiger partial charge in [0.15, 0.2) is 0 Å². The normalized spacial score (nSPS) is 12.3. The number of methoxy groups -OCH3 is 1. The second kappa shape index (κ2) is 9.92. The molecule has 2 amide bonds. The highest BCUT2D eigenvalue weighted by Crippen LogP contribution is 2.26. The van der Waals surface area contributed by atoms with E-state index in [1.807, 2.05) is 13.8 Å². The molecule has 0 aromatic heterocycles. The number of rotatable bonds is 8. The van der Waals surface area contributed by atoms with E-state index in [1.54, 1.807) is 24.3 Å². The Bertz CT molecular complexity index is 1020. The van der Waals surface area contributed by atoms with Gasteiger partial charge in [-0.25, -0.2) is 13.6 Å². The standard InChI is InChI=1S/C20H24ClN3O5S/c1-12(2)10-16(24-19(25)13-4-6-14(21)7-5-13)20(26)23-15-8-9-17(29-3)18(11-15)30(22,27)28/h4-9,11-12,16H,10H2,1-3H3,(H,23,26)(H,24,25)(H2,22,27,28). The topological polar surface area (TPSA) is 128 Å². The number of hydrogen-bond donors (Lipinski definition) is 3. The molecule has 0 aliphatic carbocycles. The molecule has 2 aromatic rings. The molecule has 0 aliphatic rings. The van der Waals surface area contributed by atoms with Gasteiger partial charge in [0.2, 0.25) is 15.9 Å². The van der Waals surface area contributed by atoms with E-state index in [4.69, 9.17) is 21.5 Å². The van der Waals surface area contributed by atoms with Crippen molar-refractivity contribution in [3.05, 3.63) is 53.1 Å². The number of anilines is 1. The highest BCUT2D eigenvalue weighted by Gasteiger charge is 2.24. The number of hydrogen-bond acceptors (Lipinski definition) is 5. The maximum Gasteiger partial charge on any atom is 0.251 e. The van der Waals surface area contributed by atoms with Crippen LogP contribution in [0.15, 0.2) is 47.4 Å². The van der Waals surface area contributed by atoms with Crippen molar-refractivity contribution in [1.29, 1.82) is 0 Å². The lowest BCUT2D eigenvalue weighted by molar-refractivity contribution is -0.118. The average Bonchev–Trinajstić information content (AvgIpc) is 2.66. The van der Waals surface area contributed by atoms with Crippen LogP contribution >= 0.6 is 11.6 Å². The minimum absolute atomic E-state index is 0.0604. The number of nitrogens with two attached hydrogens (primary N) is 1. The van der Waals surface area contributed by atoms with Crippen LogP contribution in [-0.4, -0.2) is 33.4 Å². The molecule has 8 nitrogen and oxygen atoms in total. The summed E-state index contributed by atoms with van der Waals surface area (Å²) in [5, 5.41) is 11.0. The summed E-state index contributed by atoms with van der Waals surface area (Å²) in [5.74, 6) is -0.739. The predicted octanol–water partition coefficient (Wildman–Crippen LogP) is 2.78. The monoisotopic (exact) mass is 453 g/mol. The number of ether oxygens (including phenoxy) is 1. The van der Waals surface area contributed by atoms with Crippen LogP contribution in [0.5, 0.6) is 5.75 Å². The molecule has 1 unspecified atom stereocenters. The van der Waals surface area contributed by atoms with Crippen LogP contribution in [0.25, 0.3) is 0 Å². The Morgan fingerprint density at radius 1 is 1.13 bits per heavy atom. The molecule has 2 rings (SSSR count). The van der Waals surface area contributed by atoms with E-state index >= 15 is 0 Å². The third kappa shape index (κ3) is 6.45. The minimum atomic E-state index is -4.06. The summed E-state index contributed by atoms with van der Waals surface area (Å²) in [5.41, 5.74) is 0.571. The van der Waals surface area contributed by atoms with Crippen LogP contribution in [0.2, 0.25) is 5.02 Å². The second-order valence-corrected chi connectivity index (χ2v) is 9.03. The third-order valence-corrected chi connectivity index (χ3v) is 5.36. The molecule has 162 valence electrons. The zero-order valence-electron chi connectivity index (χ0n) is 16.8. The number of amides is 2. The summed E-state index contributed by atoms with van der Waals surface area (Å²) in [6, 6.07) is 9.53. The molecule has 0 fully saturated rings. The molecule has 0 radical (unpaired) electrons. The largest absolute Gasteiger partial charge is 0.495 e. The molecule has 0 spiro atoms. The van der Waals surface area contributed by atoms with Crippen LogP contribution in [0.1, 0.15) is 30.6 Å². The van der Waals surface area contributed by atoms with Crippen molar-refractivity contribution < 1.29 is 22.7 Å². The van der Waals surface area contributed by atoms with Crippen molar-refractivity contribution in [1.82, 2.24) is 5.32 Å². The smallest absolute Gasteiger partial charge is 0.251 e. The maximum atomic E-state index is 12.8. The van der Waals surface area contributed by atoms with Gasteiger partial charge >= 0.3 is 0 Å². The zero-order chi connectivity index (χ0) is 22.5. The Hall–Kier alpha value is -2.62. The van der Waals surface area contributed by atoms with Gasteiger partial charge in [0.05, 0.1) is 7.11 Å². The number of nitrogens with one attached hydrogen (secondary N) is 2. The van der Waals surface area contributed by atoms with Gasteiger partial charge in [-0.3, -0.25) is 9.59 Å². The van der Waals surface area contributed by atoms with Crippen molar-refractivity contribution in [2.24, 2.45) is 11.1 Å². The molecule has 0 bridgehead atoms. The molecule has 4 N–H and O–H groups in total. The highest BCUT2D eigenvalue weighted by atomic mass is 35.5. The van der Waals surface area contributed by atoms with Crippen molar-refractivity contribution in [2.45, 2.75) is 31.2 Å². The van der Waals surface area contributed by atoms with E-state index in [9.17, 15) is 18.0 Å². The van der Waals surface area contributed by atoms with Gasteiger partial charge in [0.1, 0.15) is 16.7 Å². The van der Waals surface area contributed by atoms with Gasteiger partial charge in [0, 0.05) is 16.3 Å². The molecule has 2 aromatic carbocycles. The second-order valence-electron chi connectivity index (χ2n) is 7.06. The van der Waals surface area contributed by atoms with E-state index in [0.717, 1.165) is 0 Å². The zero-order valence-corrected chi connectivity index (χ0v) is 18.4. The fraction of sp³-hybridized carbons (Fsp3) is 0.300. The molecular weight excluding hydrogens is 430 g/mol. The van der Waals surface area contributed by atoms with Crippen molar-refractivity contribution >= 4 is 39.1 Å². The van der Waals surface area contributed by atoms with Gasteiger partial charge in [-0.15, -0.1) is 0 Å². The van der Waals surface area contributed by atoms with E-state index in [2.05, 4.69) is 10.6 Å². The Kier molecular flexibility index (Phi) is 7.83. The first-order chi connectivity index (χ1) is 14.0. The molecule has 0 aliphatic heterocycles. The fourth-order valence-electron chi connectivity index (χ4n) is 2.75. The van der Waals surface area contributed by atoms with Gasteiger partial charge in [-0.05, 0) is 54.8 Å². The van der Waals surface area contributed by atoms with Crippen molar-refractivity contribution in [2.75, 3.05) is 12.4 Å². The first-order valence-corrected chi connectivity index (χ1v) is 11.0. The summed E-state index contributed by atoms with van der Waals surface area (Å²) >= 11 is 5.84. The number of benzene rings is 2. The number of carbonyl (C=O) groups excluding carboxylic acids is 2. The summed E-state index contributed by atoms with van der Waals surface area (Å²) < 4.78 is 28.6. The lowest BCUT2D eigenvalue weighted by Crippen LogP contribution is -2.44.